The minimum Gasteiger partial charge on any atom is -0.374 e. The van der Waals surface area contributed by atoms with Crippen LogP contribution >= 0.6 is 11.3 Å². The SMILES string of the molecule is Cc1nnc2sc(CCC(=O)N3CCOC4CCCCC43)nn12. The van der Waals surface area contributed by atoms with Crippen molar-refractivity contribution in [2.24, 2.45) is 0 Å². The van der Waals surface area contributed by atoms with Crippen LogP contribution in [0.25, 0.3) is 4.96 Å². The molecular formula is C15H21N5O2S. The molecule has 2 aromatic heterocycles. The van der Waals surface area contributed by atoms with Gasteiger partial charge in [0.25, 0.3) is 0 Å². The minimum absolute atomic E-state index is 0.230. The summed E-state index contributed by atoms with van der Waals surface area (Å²) in [7, 11) is 0. The Labute approximate surface area is 138 Å². The summed E-state index contributed by atoms with van der Waals surface area (Å²) in [4.78, 5) is 15.5. The van der Waals surface area contributed by atoms with Crippen molar-refractivity contribution in [3.63, 3.8) is 0 Å². The molecule has 2 atom stereocenters. The first-order valence-corrected chi connectivity index (χ1v) is 9.13. The third-order valence-corrected chi connectivity index (χ3v) is 5.75. The van der Waals surface area contributed by atoms with E-state index in [0.29, 0.717) is 19.4 Å². The van der Waals surface area contributed by atoms with Crippen LogP contribution in [0.3, 0.4) is 0 Å². The van der Waals surface area contributed by atoms with Crippen LogP contribution in [-0.2, 0) is 16.0 Å². The van der Waals surface area contributed by atoms with Crippen molar-refractivity contribution in [1.29, 1.82) is 0 Å². The number of nitrogens with zero attached hydrogens (tertiary/aromatic N) is 5. The van der Waals surface area contributed by atoms with E-state index in [1.807, 2.05) is 6.92 Å². The lowest BCUT2D eigenvalue weighted by atomic mass is 9.90. The van der Waals surface area contributed by atoms with Crippen molar-refractivity contribution in [3.8, 4) is 0 Å². The quantitative estimate of drug-likeness (QED) is 0.852. The number of aromatic nitrogens is 4. The highest BCUT2D eigenvalue weighted by molar-refractivity contribution is 7.16. The average molecular weight is 335 g/mol. The second-order valence-corrected chi connectivity index (χ2v) is 7.33. The highest BCUT2D eigenvalue weighted by Crippen LogP contribution is 2.29. The first-order chi connectivity index (χ1) is 11.2. The summed E-state index contributed by atoms with van der Waals surface area (Å²) in [5.74, 6) is 1.01. The molecule has 1 saturated heterocycles. The number of amides is 1. The lowest BCUT2D eigenvalue weighted by Gasteiger charge is -2.43. The van der Waals surface area contributed by atoms with Crippen LogP contribution in [-0.4, -0.2) is 55.9 Å². The number of rotatable bonds is 3. The Morgan fingerprint density at radius 1 is 1.35 bits per heavy atom. The number of morpholine rings is 1. The van der Waals surface area contributed by atoms with E-state index in [1.165, 1.54) is 24.2 Å². The zero-order valence-electron chi connectivity index (χ0n) is 13.3. The maximum Gasteiger partial charge on any atom is 0.234 e. The van der Waals surface area contributed by atoms with E-state index in [1.54, 1.807) is 4.52 Å². The van der Waals surface area contributed by atoms with Gasteiger partial charge in [-0.3, -0.25) is 4.79 Å². The summed E-state index contributed by atoms with van der Waals surface area (Å²) in [6.07, 6.45) is 6.00. The van der Waals surface area contributed by atoms with Gasteiger partial charge in [0.1, 0.15) is 5.01 Å². The van der Waals surface area contributed by atoms with Gasteiger partial charge in [-0.25, -0.2) is 0 Å². The minimum atomic E-state index is 0.230. The summed E-state index contributed by atoms with van der Waals surface area (Å²) in [6.45, 7) is 3.28. The van der Waals surface area contributed by atoms with Crippen LogP contribution in [0.5, 0.6) is 0 Å². The molecule has 0 aromatic carbocycles. The largest absolute Gasteiger partial charge is 0.374 e. The fourth-order valence-electron chi connectivity index (χ4n) is 3.62. The van der Waals surface area contributed by atoms with Gasteiger partial charge in [-0.1, -0.05) is 24.2 Å². The van der Waals surface area contributed by atoms with Gasteiger partial charge in [0.15, 0.2) is 5.82 Å². The molecule has 3 heterocycles. The highest BCUT2D eigenvalue weighted by atomic mass is 32.1. The van der Waals surface area contributed by atoms with Gasteiger partial charge in [0.05, 0.1) is 18.8 Å². The van der Waals surface area contributed by atoms with Crippen molar-refractivity contribution < 1.29 is 9.53 Å². The average Bonchev–Trinajstić information content (AvgIpc) is 3.14. The lowest BCUT2D eigenvalue weighted by molar-refractivity contribution is -0.149. The van der Waals surface area contributed by atoms with E-state index in [-0.39, 0.29) is 18.1 Å². The number of carbonyl (C=O) groups excluding carboxylic acids is 1. The zero-order chi connectivity index (χ0) is 15.8. The Morgan fingerprint density at radius 2 is 2.22 bits per heavy atom. The summed E-state index contributed by atoms with van der Waals surface area (Å²) >= 11 is 1.51. The first-order valence-electron chi connectivity index (χ1n) is 8.31. The molecule has 1 saturated carbocycles. The molecule has 23 heavy (non-hydrogen) atoms. The Bertz CT molecular complexity index is 710. The van der Waals surface area contributed by atoms with E-state index < -0.39 is 0 Å². The van der Waals surface area contributed by atoms with E-state index in [9.17, 15) is 4.79 Å². The van der Waals surface area contributed by atoms with Gasteiger partial charge in [0, 0.05) is 19.4 Å². The van der Waals surface area contributed by atoms with Gasteiger partial charge in [0.2, 0.25) is 10.9 Å². The maximum atomic E-state index is 12.7. The van der Waals surface area contributed by atoms with E-state index in [2.05, 4.69) is 20.2 Å². The molecule has 0 bridgehead atoms. The predicted octanol–water partition coefficient (Wildman–Crippen LogP) is 1.60. The zero-order valence-corrected chi connectivity index (χ0v) is 14.1. The van der Waals surface area contributed by atoms with Crippen LogP contribution < -0.4 is 0 Å². The normalized spacial score (nSPS) is 24.8. The molecule has 0 N–H and O–H groups in total. The van der Waals surface area contributed by atoms with Crippen molar-refractivity contribution in [2.45, 2.75) is 57.6 Å². The number of ether oxygens (including phenoxy) is 1. The van der Waals surface area contributed by atoms with Crippen LogP contribution in [0.2, 0.25) is 0 Å². The summed E-state index contributed by atoms with van der Waals surface area (Å²) in [5, 5.41) is 13.5. The Kier molecular flexibility index (Phi) is 4.02. The van der Waals surface area contributed by atoms with Crippen molar-refractivity contribution in [3.05, 3.63) is 10.8 Å². The number of hydrogen-bond acceptors (Lipinski definition) is 6. The molecule has 1 aliphatic heterocycles. The summed E-state index contributed by atoms with van der Waals surface area (Å²) < 4.78 is 7.59. The van der Waals surface area contributed by atoms with Crippen molar-refractivity contribution >= 4 is 22.2 Å². The first kappa shape index (κ1) is 15.0. The Hall–Kier alpha value is -1.54. The lowest BCUT2D eigenvalue weighted by Crippen LogP contribution is -2.54. The molecule has 2 unspecified atom stereocenters. The van der Waals surface area contributed by atoms with Crippen molar-refractivity contribution in [1.82, 2.24) is 24.7 Å². The molecule has 2 fully saturated rings. The maximum absolute atomic E-state index is 12.7. The van der Waals surface area contributed by atoms with Crippen molar-refractivity contribution in [2.75, 3.05) is 13.2 Å². The van der Waals surface area contributed by atoms with Crippen LogP contribution in [0, 0.1) is 6.92 Å². The number of hydrogen-bond donors (Lipinski definition) is 0. The number of aryl methyl sites for hydroxylation is 2. The Morgan fingerprint density at radius 3 is 3.09 bits per heavy atom. The smallest absolute Gasteiger partial charge is 0.234 e. The predicted molar refractivity (Wildman–Crippen MR) is 85.4 cm³/mol. The van der Waals surface area contributed by atoms with E-state index in [4.69, 9.17) is 4.74 Å². The monoisotopic (exact) mass is 335 g/mol. The second-order valence-electron chi connectivity index (χ2n) is 6.29. The molecule has 7 nitrogen and oxygen atoms in total. The van der Waals surface area contributed by atoms with Gasteiger partial charge in [-0.2, -0.15) is 9.61 Å². The molecule has 8 heteroatoms. The molecule has 2 aromatic rings. The molecule has 1 aliphatic carbocycles. The fraction of sp³-hybridized carbons (Fsp3) is 0.733. The van der Waals surface area contributed by atoms with Gasteiger partial charge in [-0.05, 0) is 19.8 Å². The van der Waals surface area contributed by atoms with Crippen LogP contribution in [0.1, 0.15) is 42.9 Å². The fourth-order valence-corrected chi connectivity index (χ4v) is 4.50. The third-order valence-electron chi connectivity index (χ3n) is 4.79. The molecule has 0 spiro atoms. The van der Waals surface area contributed by atoms with Gasteiger partial charge < -0.3 is 9.64 Å². The standard InChI is InChI=1S/C15H21N5O2S/c1-10-16-17-15-20(10)18-13(23-15)6-7-14(21)19-8-9-22-12-5-3-2-4-11(12)19/h11-12H,2-9H2,1H3. The van der Waals surface area contributed by atoms with Crippen LogP contribution in [0.15, 0.2) is 0 Å². The second kappa shape index (κ2) is 6.16. The highest BCUT2D eigenvalue weighted by Gasteiger charge is 2.36. The molecule has 124 valence electrons. The number of fused-ring (bicyclic) bond motifs is 2. The molecular weight excluding hydrogens is 314 g/mol. The van der Waals surface area contributed by atoms with E-state index in [0.717, 1.165) is 35.2 Å². The summed E-state index contributed by atoms with van der Waals surface area (Å²) in [5.41, 5.74) is 0. The number of carbonyl (C=O) groups is 1. The van der Waals surface area contributed by atoms with Crippen LogP contribution in [0.4, 0.5) is 0 Å². The Balaban J connectivity index is 1.40. The van der Waals surface area contributed by atoms with Gasteiger partial charge in [-0.15, -0.1) is 10.2 Å². The summed E-state index contributed by atoms with van der Waals surface area (Å²) in [6, 6.07) is 0.282. The molecule has 2 aliphatic rings. The third kappa shape index (κ3) is 2.85. The molecule has 4 rings (SSSR count). The topological polar surface area (TPSA) is 72.6 Å². The molecule has 1 amide bonds. The van der Waals surface area contributed by atoms with E-state index >= 15 is 0 Å². The molecule has 0 radical (unpaired) electrons. The van der Waals surface area contributed by atoms with Gasteiger partial charge >= 0.3 is 0 Å².